The highest BCUT2D eigenvalue weighted by atomic mass is 35.5. The van der Waals surface area contributed by atoms with Gasteiger partial charge in [-0.3, -0.25) is 0 Å². The number of ether oxygens (including phenoxy) is 1. The van der Waals surface area contributed by atoms with Crippen LogP contribution in [0.2, 0.25) is 4.34 Å². The summed E-state index contributed by atoms with van der Waals surface area (Å²) in [5.74, 6) is 0. The predicted octanol–water partition coefficient (Wildman–Crippen LogP) is 3.19. The average Bonchev–Trinajstić information content (AvgIpc) is 2.75. The van der Waals surface area contributed by atoms with Gasteiger partial charge in [-0.2, -0.15) is 0 Å². The molecule has 0 aliphatic rings. The first-order valence-corrected chi connectivity index (χ1v) is 7.20. The van der Waals surface area contributed by atoms with Crippen molar-refractivity contribution in [2.45, 2.75) is 26.3 Å². The van der Waals surface area contributed by atoms with Crippen molar-refractivity contribution in [1.29, 1.82) is 0 Å². The van der Waals surface area contributed by atoms with Crippen molar-refractivity contribution in [1.82, 2.24) is 10.6 Å². The van der Waals surface area contributed by atoms with Crippen LogP contribution in [-0.4, -0.2) is 25.8 Å². The summed E-state index contributed by atoms with van der Waals surface area (Å²) in [6, 6.07) is 3.56. The van der Waals surface area contributed by atoms with Gasteiger partial charge in [0.15, 0.2) is 0 Å². The van der Waals surface area contributed by atoms with E-state index in [1.165, 1.54) is 11.3 Å². The normalized spacial score (nSPS) is 12.2. The largest absolute Gasteiger partial charge is 0.382 e. The summed E-state index contributed by atoms with van der Waals surface area (Å²) in [7, 11) is 0. The number of urea groups is 1. The van der Waals surface area contributed by atoms with Gasteiger partial charge >= 0.3 is 6.03 Å². The third kappa shape index (κ3) is 5.71. The summed E-state index contributed by atoms with van der Waals surface area (Å²) >= 11 is 7.33. The van der Waals surface area contributed by atoms with Crippen molar-refractivity contribution in [3.63, 3.8) is 0 Å². The van der Waals surface area contributed by atoms with E-state index in [-0.39, 0.29) is 12.1 Å². The second-order valence-electron chi connectivity index (χ2n) is 3.81. The van der Waals surface area contributed by atoms with Gasteiger partial charge in [0.05, 0.1) is 10.4 Å². The predicted molar refractivity (Wildman–Crippen MR) is 75.4 cm³/mol. The molecular formula is C12H19ClN2O2S. The Labute approximate surface area is 117 Å². The van der Waals surface area contributed by atoms with Crippen LogP contribution in [0.4, 0.5) is 4.79 Å². The number of hydrogen-bond donors (Lipinski definition) is 2. The number of hydrogen-bond acceptors (Lipinski definition) is 3. The Bertz CT molecular complexity index is 371. The Balaban J connectivity index is 2.19. The van der Waals surface area contributed by atoms with E-state index >= 15 is 0 Å². The zero-order valence-electron chi connectivity index (χ0n) is 10.7. The van der Waals surface area contributed by atoms with Gasteiger partial charge in [-0.25, -0.2) is 4.79 Å². The monoisotopic (exact) mass is 290 g/mol. The van der Waals surface area contributed by atoms with Gasteiger partial charge in [-0.05, 0) is 32.4 Å². The van der Waals surface area contributed by atoms with Gasteiger partial charge in [0.25, 0.3) is 0 Å². The lowest BCUT2D eigenvalue weighted by molar-refractivity contribution is 0.145. The fraction of sp³-hybridized carbons (Fsp3) is 0.583. The molecule has 0 saturated carbocycles. The maximum atomic E-state index is 11.6. The average molecular weight is 291 g/mol. The molecule has 1 aromatic rings. The van der Waals surface area contributed by atoms with Crippen molar-refractivity contribution < 1.29 is 9.53 Å². The second kappa shape index (κ2) is 8.34. The minimum atomic E-state index is -0.163. The Morgan fingerprint density at radius 2 is 2.33 bits per heavy atom. The molecule has 0 radical (unpaired) electrons. The maximum Gasteiger partial charge on any atom is 0.315 e. The molecule has 2 amide bonds. The molecule has 6 heteroatoms. The highest BCUT2D eigenvalue weighted by Gasteiger charge is 2.10. The third-order valence-electron chi connectivity index (χ3n) is 2.32. The summed E-state index contributed by atoms with van der Waals surface area (Å²) in [5, 5.41) is 5.65. The van der Waals surface area contributed by atoms with Crippen molar-refractivity contribution in [2.75, 3.05) is 19.8 Å². The molecule has 1 heterocycles. The minimum Gasteiger partial charge on any atom is -0.382 e. The van der Waals surface area contributed by atoms with Crippen LogP contribution in [0.25, 0.3) is 0 Å². The van der Waals surface area contributed by atoms with E-state index < -0.39 is 0 Å². The molecule has 0 fully saturated rings. The second-order valence-corrected chi connectivity index (χ2v) is 5.56. The Morgan fingerprint density at radius 3 is 2.94 bits per heavy atom. The molecule has 1 aromatic heterocycles. The fourth-order valence-corrected chi connectivity index (χ4v) is 2.46. The minimum absolute atomic E-state index is 0.0330. The summed E-state index contributed by atoms with van der Waals surface area (Å²) < 4.78 is 5.92. The molecule has 0 unspecified atom stereocenters. The molecule has 0 aliphatic carbocycles. The van der Waals surface area contributed by atoms with Gasteiger partial charge in [0.2, 0.25) is 0 Å². The molecule has 1 rings (SSSR count). The van der Waals surface area contributed by atoms with E-state index in [1.54, 1.807) is 0 Å². The van der Waals surface area contributed by atoms with Crippen LogP contribution < -0.4 is 10.6 Å². The quantitative estimate of drug-likeness (QED) is 0.758. The Kier molecular flexibility index (Phi) is 7.08. The lowest BCUT2D eigenvalue weighted by Crippen LogP contribution is -2.37. The number of amides is 2. The molecule has 18 heavy (non-hydrogen) atoms. The van der Waals surface area contributed by atoms with Crippen LogP contribution >= 0.6 is 22.9 Å². The lowest BCUT2D eigenvalue weighted by Gasteiger charge is -2.13. The number of rotatable bonds is 7. The van der Waals surface area contributed by atoms with Gasteiger partial charge in [-0.15, -0.1) is 11.3 Å². The van der Waals surface area contributed by atoms with Crippen molar-refractivity contribution in [2.24, 2.45) is 0 Å². The number of thiophene rings is 1. The van der Waals surface area contributed by atoms with Crippen molar-refractivity contribution in [3.8, 4) is 0 Å². The summed E-state index contributed by atoms with van der Waals surface area (Å²) in [4.78, 5) is 12.6. The molecule has 1 atom stereocenters. The molecule has 102 valence electrons. The SMILES string of the molecule is CCOCCCNC(=O)N[C@H](C)c1ccc(Cl)s1. The standard InChI is InChI=1S/C12H19ClN2O2S/c1-3-17-8-4-7-14-12(16)15-9(2)10-5-6-11(13)18-10/h5-6,9H,3-4,7-8H2,1-2H3,(H2,14,15,16)/t9-/m1/s1. The number of carbonyl (C=O) groups excluding carboxylic acids is 1. The summed E-state index contributed by atoms with van der Waals surface area (Å²) in [5.41, 5.74) is 0. The topological polar surface area (TPSA) is 50.4 Å². The van der Waals surface area contributed by atoms with Crippen LogP contribution in [0.5, 0.6) is 0 Å². The van der Waals surface area contributed by atoms with Gasteiger partial charge in [0, 0.05) is 24.6 Å². The van der Waals surface area contributed by atoms with Crippen LogP contribution in [0.3, 0.4) is 0 Å². The summed E-state index contributed by atoms with van der Waals surface area (Å²) in [6.07, 6.45) is 0.820. The van der Waals surface area contributed by atoms with Crippen LogP contribution in [-0.2, 0) is 4.74 Å². The zero-order valence-corrected chi connectivity index (χ0v) is 12.2. The molecule has 0 bridgehead atoms. The molecule has 0 saturated heterocycles. The van der Waals surface area contributed by atoms with Crippen LogP contribution in [0.15, 0.2) is 12.1 Å². The van der Waals surface area contributed by atoms with Gasteiger partial charge < -0.3 is 15.4 Å². The van der Waals surface area contributed by atoms with E-state index in [0.717, 1.165) is 15.6 Å². The van der Waals surface area contributed by atoms with Gasteiger partial charge in [0.1, 0.15) is 0 Å². The molecule has 0 aromatic carbocycles. The number of nitrogens with one attached hydrogen (secondary N) is 2. The van der Waals surface area contributed by atoms with Crippen molar-refractivity contribution in [3.05, 3.63) is 21.3 Å². The maximum absolute atomic E-state index is 11.6. The van der Waals surface area contributed by atoms with Crippen LogP contribution in [0, 0.1) is 0 Å². The first kappa shape index (κ1) is 15.3. The Morgan fingerprint density at radius 1 is 1.56 bits per heavy atom. The zero-order chi connectivity index (χ0) is 13.4. The highest BCUT2D eigenvalue weighted by Crippen LogP contribution is 2.26. The molecular weight excluding hydrogens is 272 g/mol. The lowest BCUT2D eigenvalue weighted by atomic mass is 10.3. The van der Waals surface area contributed by atoms with Crippen molar-refractivity contribution >= 4 is 29.0 Å². The van der Waals surface area contributed by atoms with Crippen LogP contribution in [0.1, 0.15) is 31.2 Å². The summed E-state index contributed by atoms with van der Waals surface area (Å²) in [6.45, 7) is 5.88. The molecule has 4 nitrogen and oxygen atoms in total. The molecule has 0 spiro atoms. The smallest absolute Gasteiger partial charge is 0.315 e. The highest BCUT2D eigenvalue weighted by molar-refractivity contribution is 7.16. The van der Waals surface area contributed by atoms with E-state index in [0.29, 0.717) is 19.8 Å². The van der Waals surface area contributed by atoms with E-state index in [1.807, 2.05) is 26.0 Å². The first-order valence-electron chi connectivity index (χ1n) is 6.00. The van der Waals surface area contributed by atoms with E-state index in [2.05, 4.69) is 10.6 Å². The van der Waals surface area contributed by atoms with E-state index in [4.69, 9.17) is 16.3 Å². The molecule has 2 N–H and O–H groups in total. The first-order chi connectivity index (χ1) is 8.63. The third-order valence-corrected chi connectivity index (χ3v) is 3.74. The molecule has 0 aliphatic heterocycles. The number of carbonyl (C=O) groups is 1. The number of halogens is 1. The fourth-order valence-electron chi connectivity index (χ4n) is 1.40. The Hall–Kier alpha value is -0.780. The van der Waals surface area contributed by atoms with Gasteiger partial charge in [-0.1, -0.05) is 11.6 Å². The van der Waals surface area contributed by atoms with E-state index in [9.17, 15) is 4.79 Å².